The van der Waals surface area contributed by atoms with Crippen molar-refractivity contribution in [2.24, 2.45) is 0 Å². The van der Waals surface area contributed by atoms with Crippen LogP contribution in [0.3, 0.4) is 0 Å². The number of nitro groups is 1. The third kappa shape index (κ3) is 6.65. The van der Waals surface area contributed by atoms with Crippen molar-refractivity contribution in [3.05, 3.63) is 34.4 Å². The molecular weight excluding hydrogens is 316 g/mol. The van der Waals surface area contributed by atoms with Crippen LogP contribution in [0, 0.1) is 10.1 Å². The van der Waals surface area contributed by atoms with Crippen molar-refractivity contribution in [3.63, 3.8) is 0 Å². The Morgan fingerprint density at radius 2 is 1.57 bits per heavy atom. The molecule has 0 radical (unpaired) electrons. The summed E-state index contributed by atoms with van der Waals surface area (Å²) < 4.78 is 17.4. The number of benzene rings is 1. The molecule has 0 atom stereocenters. The molecule has 0 unspecified atom stereocenters. The van der Waals surface area contributed by atoms with Gasteiger partial charge in [0.25, 0.3) is 5.69 Å². The first-order valence-electron chi connectivity index (χ1n) is 7.97. The van der Waals surface area contributed by atoms with Crippen LogP contribution >= 0.6 is 0 Å². The van der Waals surface area contributed by atoms with Crippen LogP contribution < -0.4 is 5.32 Å². The third-order valence-corrected chi connectivity index (χ3v) is 6.31. The van der Waals surface area contributed by atoms with Gasteiger partial charge in [-0.3, -0.25) is 10.1 Å². The molecule has 1 rings (SSSR count). The van der Waals surface area contributed by atoms with E-state index in [2.05, 4.69) is 5.32 Å². The van der Waals surface area contributed by atoms with Gasteiger partial charge in [0.2, 0.25) is 0 Å². The van der Waals surface area contributed by atoms with Gasteiger partial charge in [-0.25, -0.2) is 0 Å². The zero-order chi connectivity index (χ0) is 17.1. The third-order valence-electron chi connectivity index (χ3n) is 3.16. The Morgan fingerprint density at radius 1 is 1.04 bits per heavy atom. The summed E-state index contributed by atoms with van der Waals surface area (Å²) in [4.78, 5) is 10.2. The number of hydrogen-bond donors (Lipinski definition) is 1. The maximum atomic E-state index is 10.6. The number of non-ortho nitro benzene ring substituents is 1. The SMILES string of the molecule is CCO[Si](CCCNc1ccc([N+](=O)[O-])cc1)(OCC)OCC. The lowest BCUT2D eigenvalue weighted by molar-refractivity contribution is -0.384. The molecule has 23 heavy (non-hydrogen) atoms. The van der Waals surface area contributed by atoms with Crippen molar-refractivity contribution in [2.45, 2.75) is 33.2 Å². The van der Waals surface area contributed by atoms with Crippen LogP contribution in [0.4, 0.5) is 11.4 Å². The molecule has 0 aromatic heterocycles. The summed E-state index contributed by atoms with van der Waals surface area (Å²) >= 11 is 0. The molecule has 0 saturated carbocycles. The molecule has 7 nitrogen and oxygen atoms in total. The molecule has 0 aliphatic carbocycles. The smallest absolute Gasteiger partial charge is 0.385 e. The van der Waals surface area contributed by atoms with Crippen molar-refractivity contribution in [2.75, 3.05) is 31.7 Å². The number of nitro benzene ring substituents is 1. The summed E-state index contributed by atoms with van der Waals surface area (Å²) in [5, 5.41) is 13.9. The van der Waals surface area contributed by atoms with E-state index < -0.39 is 13.7 Å². The van der Waals surface area contributed by atoms with Gasteiger partial charge in [-0.05, 0) is 39.3 Å². The van der Waals surface area contributed by atoms with E-state index in [1.807, 2.05) is 20.8 Å². The largest absolute Gasteiger partial charge is 0.500 e. The molecule has 0 aliphatic rings. The summed E-state index contributed by atoms with van der Waals surface area (Å²) in [6.07, 6.45) is 0.837. The van der Waals surface area contributed by atoms with Crippen LogP contribution in [-0.4, -0.2) is 40.1 Å². The molecule has 0 heterocycles. The fraction of sp³-hybridized carbons (Fsp3) is 0.600. The topological polar surface area (TPSA) is 82.9 Å². The van der Waals surface area contributed by atoms with E-state index >= 15 is 0 Å². The Labute approximate surface area is 138 Å². The van der Waals surface area contributed by atoms with E-state index in [4.69, 9.17) is 13.3 Å². The molecule has 0 saturated heterocycles. The lowest BCUT2D eigenvalue weighted by Crippen LogP contribution is -2.46. The van der Waals surface area contributed by atoms with Gasteiger partial charge < -0.3 is 18.6 Å². The molecule has 0 aliphatic heterocycles. The van der Waals surface area contributed by atoms with E-state index in [0.29, 0.717) is 19.8 Å². The maximum absolute atomic E-state index is 10.6. The Bertz CT molecular complexity index is 452. The normalized spacial score (nSPS) is 11.4. The van der Waals surface area contributed by atoms with E-state index in [-0.39, 0.29) is 5.69 Å². The monoisotopic (exact) mass is 342 g/mol. The lowest BCUT2D eigenvalue weighted by Gasteiger charge is -2.28. The Morgan fingerprint density at radius 3 is 2.00 bits per heavy atom. The standard InChI is InChI=1S/C15H26N2O5Si/c1-4-20-23(21-5-2,22-6-3)13-7-12-16-14-8-10-15(11-9-14)17(18)19/h8-11,16H,4-7,12-13H2,1-3H3. The van der Waals surface area contributed by atoms with Gasteiger partial charge in [0, 0.05) is 50.2 Å². The Kier molecular flexibility index (Phi) is 8.78. The quantitative estimate of drug-likeness (QED) is 0.271. The molecule has 1 aromatic rings. The van der Waals surface area contributed by atoms with Crippen LogP contribution in [0.15, 0.2) is 24.3 Å². The van der Waals surface area contributed by atoms with Gasteiger partial charge in [-0.1, -0.05) is 0 Å². The molecule has 0 fully saturated rings. The second-order valence-electron chi connectivity index (χ2n) is 4.82. The molecule has 0 amide bonds. The summed E-state index contributed by atoms with van der Waals surface area (Å²) in [5.41, 5.74) is 0.943. The average molecular weight is 342 g/mol. The Hall–Kier alpha value is -1.48. The molecule has 1 N–H and O–H groups in total. The second kappa shape index (κ2) is 10.3. The number of nitrogens with one attached hydrogen (secondary N) is 1. The highest BCUT2D eigenvalue weighted by molar-refractivity contribution is 6.60. The number of nitrogens with zero attached hydrogens (tertiary/aromatic N) is 1. The lowest BCUT2D eigenvalue weighted by atomic mass is 10.3. The fourth-order valence-electron chi connectivity index (χ4n) is 2.24. The van der Waals surface area contributed by atoms with Crippen LogP contribution in [-0.2, 0) is 13.3 Å². The van der Waals surface area contributed by atoms with Gasteiger partial charge in [0.05, 0.1) is 4.92 Å². The zero-order valence-electron chi connectivity index (χ0n) is 14.0. The summed E-state index contributed by atoms with van der Waals surface area (Å²) in [5.74, 6) is 0. The summed E-state index contributed by atoms with van der Waals surface area (Å²) in [6.45, 7) is 8.25. The van der Waals surface area contributed by atoms with Crippen LogP contribution in [0.5, 0.6) is 0 Å². The highest BCUT2D eigenvalue weighted by Crippen LogP contribution is 2.19. The average Bonchev–Trinajstić information content (AvgIpc) is 2.53. The highest BCUT2D eigenvalue weighted by Gasteiger charge is 2.39. The molecule has 130 valence electrons. The predicted molar refractivity (Wildman–Crippen MR) is 91.6 cm³/mol. The van der Waals surface area contributed by atoms with E-state index in [9.17, 15) is 10.1 Å². The number of anilines is 1. The zero-order valence-corrected chi connectivity index (χ0v) is 15.0. The van der Waals surface area contributed by atoms with Crippen LogP contribution in [0.25, 0.3) is 0 Å². The van der Waals surface area contributed by atoms with Gasteiger partial charge in [0.1, 0.15) is 0 Å². The van der Waals surface area contributed by atoms with Crippen molar-refractivity contribution in [1.82, 2.24) is 0 Å². The fourth-order valence-corrected chi connectivity index (χ4v) is 4.85. The number of rotatable bonds is 12. The molecule has 0 spiro atoms. The molecule has 8 heteroatoms. The van der Waals surface area contributed by atoms with Crippen LogP contribution in [0.2, 0.25) is 6.04 Å². The molecule has 1 aromatic carbocycles. The Balaban J connectivity index is 2.47. The first kappa shape index (κ1) is 19.6. The molecular formula is C15H26N2O5Si. The van der Waals surface area contributed by atoms with Crippen molar-refractivity contribution in [3.8, 4) is 0 Å². The number of hydrogen-bond acceptors (Lipinski definition) is 6. The maximum Gasteiger partial charge on any atom is 0.500 e. The summed E-state index contributed by atoms with van der Waals surface area (Å²) in [6, 6.07) is 7.12. The minimum Gasteiger partial charge on any atom is -0.385 e. The summed E-state index contributed by atoms with van der Waals surface area (Å²) in [7, 11) is -2.59. The predicted octanol–water partition coefficient (Wildman–Crippen LogP) is 3.45. The van der Waals surface area contributed by atoms with Gasteiger partial charge >= 0.3 is 8.80 Å². The van der Waals surface area contributed by atoms with Crippen molar-refractivity contribution < 1.29 is 18.2 Å². The first-order valence-corrected chi connectivity index (χ1v) is 9.90. The minimum absolute atomic E-state index is 0.0889. The van der Waals surface area contributed by atoms with Gasteiger partial charge in [0.15, 0.2) is 0 Å². The highest BCUT2D eigenvalue weighted by atomic mass is 28.4. The molecule has 0 bridgehead atoms. The first-order chi connectivity index (χ1) is 11.1. The van der Waals surface area contributed by atoms with Gasteiger partial charge in [-0.2, -0.15) is 0 Å². The van der Waals surface area contributed by atoms with Crippen molar-refractivity contribution >= 4 is 20.2 Å². The second-order valence-corrected chi connectivity index (χ2v) is 7.55. The van der Waals surface area contributed by atoms with Crippen LogP contribution in [0.1, 0.15) is 27.2 Å². The van der Waals surface area contributed by atoms with Crippen molar-refractivity contribution in [1.29, 1.82) is 0 Å². The van der Waals surface area contributed by atoms with E-state index in [1.165, 1.54) is 12.1 Å². The van der Waals surface area contributed by atoms with Gasteiger partial charge in [-0.15, -0.1) is 0 Å². The van der Waals surface area contributed by atoms with E-state index in [1.54, 1.807) is 12.1 Å². The minimum atomic E-state index is -2.59. The van der Waals surface area contributed by atoms with E-state index in [0.717, 1.165) is 24.7 Å².